The summed E-state index contributed by atoms with van der Waals surface area (Å²) in [6.45, 7) is 0.791. The van der Waals surface area contributed by atoms with Crippen molar-refractivity contribution in [2.24, 2.45) is 0 Å². The van der Waals surface area contributed by atoms with E-state index >= 15 is 0 Å². The second kappa shape index (κ2) is 1.76. The zero-order valence-electron chi connectivity index (χ0n) is 5.13. The molecule has 0 saturated heterocycles. The van der Waals surface area contributed by atoms with Crippen LogP contribution < -0.4 is 0 Å². The fraction of sp³-hybridized carbons (Fsp3) is 0.250. The molecule has 0 saturated carbocycles. The third-order valence-corrected chi connectivity index (χ3v) is 1.67. The van der Waals surface area contributed by atoms with Gasteiger partial charge in [0.05, 0.1) is 6.26 Å². The first-order chi connectivity index (χ1) is 4.47. The molecule has 1 heteroatoms. The van der Waals surface area contributed by atoms with E-state index in [1.165, 1.54) is 11.1 Å². The van der Waals surface area contributed by atoms with Crippen molar-refractivity contribution >= 4 is 0 Å². The van der Waals surface area contributed by atoms with E-state index in [-0.39, 0.29) is 0 Å². The lowest BCUT2D eigenvalue weighted by Gasteiger charge is -2.08. The lowest BCUT2D eigenvalue weighted by molar-refractivity contribution is 0.273. The van der Waals surface area contributed by atoms with Crippen LogP contribution in [0.25, 0.3) is 0 Å². The lowest BCUT2D eigenvalue weighted by Crippen LogP contribution is -1.96. The molecule has 0 fully saturated rings. The minimum Gasteiger partial charge on any atom is -0.497 e. The van der Waals surface area contributed by atoms with Crippen LogP contribution in [-0.2, 0) is 4.74 Å². The molecule has 46 valence electrons. The quantitative estimate of drug-likeness (QED) is 0.473. The molecule has 0 aromatic carbocycles. The van der Waals surface area contributed by atoms with E-state index in [9.17, 15) is 0 Å². The second-order valence-corrected chi connectivity index (χ2v) is 2.28. The minimum absolute atomic E-state index is 0.791. The Hall–Kier alpha value is -0.980. The topological polar surface area (TPSA) is 9.23 Å². The Balaban J connectivity index is 2.35. The van der Waals surface area contributed by atoms with Gasteiger partial charge in [0.1, 0.15) is 6.61 Å². The molecular weight excluding hydrogens is 112 g/mol. The molecule has 0 aromatic rings. The number of hydrogen-bond donors (Lipinski definition) is 0. The van der Waals surface area contributed by atoms with Gasteiger partial charge < -0.3 is 4.74 Å². The zero-order valence-corrected chi connectivity index (χ0v) is 5.13. The summed E-state index contributed by atoms with van der Waals surface area (Å²) in [6, 6.07) is 0. The number of rotatable bonds is 0. The average molecular weight is 120 g/mol. The highest BCUT2D eigenvalue weighted by Crippen LogP contribution is 2.22. The van der Waals surface area contributed by atoms with Crippen LogP contribution in [0, 0.1) is 0 Å². The maximum absolute atomic E-state index is 5.10. The molecule has 0 N–H and O–H groups in total. The summed E-state index contributed by atoms with van der Waals surface area (Å²) in [5.74, 6) is 0. The van der Waals surface area contributed by atoms with Crippen molar-refractivity contribution in [3.8, 4) is 0 Å². The van der Waals surface area contributed by atoms with Gasteiger partial charge in [0.2, 0.25) is 0 Å². The third kappa shape index (κ3) is 0.689. The van der Waals surface area contributed by atoms with Gasteiger partial charge in [-0.15, -0.1) is 0 Å². The monoisotopic (exact) mass is 120 g/mol. The van der Waals surface area contributed by atoms with Crippen molar-refractivity contribution in [1.82, 2.24) is 0 Å². The van der Waals surface area contributed by atoms with Gasteiger partial charge in [0.15, 0.2) is 0 Å². The molecule has 9 heavy (non-hydrogen) atoms. The van der Waals surface area contributed by atoms with Gasteiger partial charge in [-0.2, -0.15) is 0 Å². The van der Waals surface area contributed by atoms with Crippen molar-refractivity contribution in [2.75, 3.05) is 6.61 Å². The van der Waals surface area contributed by atoms with Crippen LogP contribution in [0.15, 0.2) is 35.6 Å². The summed E-state index contributed by atoms with van der Waals surface area (Å²) in [7, 11) is 0. The predicted octanol–water partition coefficient (Wildman–Crippen LogP) is 1.79. The first kappa shape index (κ1) is 4.86. The Labute approximate surface area is 54.3 Å². The van der Waals surface area contributed by atoms with Gasteiger partial charge in [-0.3, -0.25) is 0 Å². The molecule has 0 aromatic heterocycles. The van der Waals surface area contributed by atoms with Crippen molar-refractivity contribution in [2.45, 2.75) is 6.42 Å². The first-order valence-corrected chi connectivity index (χ1v) is 3.13. The molecule has 0 amide bonds. The van der Waals surface area contributed by atoms with E-state index in [1.807, 2.05) is 6.08 Å². The zero-order chi connectivity index (χ0) is 6.10. The first-order valence-electron chi connectivity index (χ1n) is 3.13. The van der Waals surface area contributed by atoms with Gasteiger partial charge in [-0.1, -0.05) is 12.2 Å². The fourth-order valence-electron chi connectivity index (χ4n) is 1.15. The maximum atomic E-state index is 5.10. The van der Waals surface area contributed by atoms with Crippen LogP contribution in [0.1, 0.15) is 6.42 Å². The van der Waals surface area contributed by atoms with Crippen LogP contribution in [0.4, 0.5) is 0 Å². The molecule has 2 rings (SSSR count). The summed E-state index contributed by atoms with van der Waals surface area (Å²) in [6.07, 6.45) is 9.18. The van der Waals surface area contributed by atoms with Crippen molar-refractivity contribution in [3.05, 3.63) is 35.6 Å². The van der Waals surface area contributed by atoms with Crippen molar-refractivity contribution < 1.29 is 4.74 Å². The van der Waals surface area contributed by atoms with Crippen LogP contribution in [0.3, 0.4) is 0 Å². The number of ether oxygens (including phenoxy) is 1. The van der Waals surface area contributed by atoms with E-state index in [0.29, 0.717) is 0 Å². The molecule has 0 spiro atoms. The Morgan fingerprint density at radius 2 is 2.33 bits per heavy atom. The van der Waals surface area contributed by atoms with Gasteiger partial charge in [0, 0.05) is 0 Å². The highest BCUT2D eigenvalue weighted by atomic mass is 16.5. The van der Waals surface area contributed by atoms with Gasteiger partial charge >= 0.3 is 0 Å². The Morgan fingerprint density at radius 3 is 3.22 bits per heavy atom. The van der Waals surface area contributed by atoms with E-state index < -0.39 is 0 Å². The summed E-state index contributed by atoms with van der Waals surface area (Å²) in [5.41, 5.74) is 2.76. The third-order valence-electron chi connectivity index (χ3n) is 1.67. The van der Waals surface area contributed by atoms with Crippen LogP contribution in [-0.4, -0.2) is 6.61 Å². The molecular formula is C8H8O. The standard InChI is InChI=1S/C8H8O/c1-2-7-4-5-9-6-8(7)3-1/h1-2,4-5H,3,6H2. The van der Waals surface area contributed by atoms with Crippen LogP contribution >= 0.6 is 0 Å². The van der Waals surface area contributed by atoms with Gasteiger partial charge in [0.25, 0.3) is 0 Å². The molecule has 0 bridgehead atoms. The largest absolute Gasteiger partial charge is 0.497 e. The Bertz CT molecular complexity index is 209. The molecule has 0 unspecified atom stereocenters. The number of allylic oxidation sites excluding steroid dienone is 4. The summed E-state index contributed by atoms with van der Waals surface area (Å²) >= 11 is 0. The van der Waals surface area contributed by atoms with Crippen molar-refractivity contribution in [1.29, 1.82) is 0 Å². The van der Waals surface area contributed by atoms with E-state index in [0.717, 1.165) is 13.0 Å². The summed E-state index contributed by atoms with van der Waals surface area (Å²) < 4.78 is 5.10. The summed E-state index contributed by atoms with van der Waals surface area (Å²) in [5, 5.41) is 0. The minimum atomic E-state index is 0.791. The summed E-state index contributed by atoms with van der Waals surface area (Å²) in [4.78, 5) is 0. The smallest absolute Gasteiger partial charge is 0.110 e. The van der Waals surface area contributed by atoms with Crippen LogP contribution in [0.2, 0.25) is 0 Å². The fourth-order valence-corrected chi connectivity index (χ4v) is 1.15. The van der Waals surface area contributed by atoms with Gasteiger partial charge in [-0.25, -0.2) is 0 Å². The predicted molar refractivity (Wildman–Crippen MR) is 35.9 cm³/mol. The second-order valence-electron chi connectivity index (χ2n) is 2.28. The highest BCUT2D eigenvalue weighted by Gasteiger charge is 2.08. The molecule has 1 aliphatic heterocycles. The average Bonchev–Trinajstić information content (AvgIpc) is 2.33. The number of hydrogen-bond acceptors (Lipinski definition) is 1. The molecule has 0 atom stereocenters. The highest BCUT2D eigenvalue weighted by molar-refractivity contribution is 5.42. The molecule has 0 radical (unpaired) electrons. The molecule has 1 heterocycles. The normalized spacial score (nSPS) is 22.2. The SMILES string of the molecule is C1=CC2=C(C1)COC=C2. The maximum Gasteiger partial charge on any atom is 0.110 e. The van der Waals surface area contributed by atoms with E-state index in [4.69, 9.17) is 4.74 Å². The van der Waals surface area contributed by atoms with E-state index in [1.54, 1.807) is 6.26 Å². The van der Waals surface area contributed by atoms with Crippen LogP contribution in [0.5, 0.6) is 0 Å². The van der Waals surface area contributed by atoms with Crippen molar-refractivity contribution in [3.63, 3.8) is 0 Å². The Morgan fingerprint density at radius 1 is 1.33 bits per heavy atom. The molecule has 1 aliphatic carbocycles. The Kier molecular flexibility index (Phi) is 0.950. The lowest BCUT2D eigenvalue weighted by atomic mass is 10.1. The van der Waals surface area contributed by atoms with Gasteiger partial charge in [-0.05, 0) is 23.6 Å². The van der Waals surface area contributed by atoms with E-state index in [2.05, 4.69) is 12.2 Å². The molecule has 2 aliphatic rings. The molecule has 1 nitrogen and oxygen atoms in total.